The molecule has 0 aromatic carbocycles. The zero-order chi connectivity index (χ0) is 9.54. The first-order chi connectivity index (χ1) is 6.90. The minimum Gasteiger partial charge on any atom is -0.361 e. The maximum atomic E-state index is 5.43. The van der Waals surface area contributed by atoms with Gasteiger partial charge in [-0.15, -0.1) is 0 Å². The fourth-order valence-corrected chi connectivity index (χ4v) is 2.45. The van der Waals surface area contributed by atoms with Crippen LogP contribution in [0.3, 0.4) is 0 Å². The number of rotatable bonds is 2. The van der Waals surface area contributed by atoms with E-state index in [9.17, 15) is 0 Å². The van der Waals surface area contributed by atoms with Crippen LogP contribution in [0.4, 0.5) is 0 Å². The number of nitrogens with zero attached hydrogens (tertiary/aromatic N) is 1. The predicted molar refractivity (Wildman–Crippen MR) is 53.2 cm³/mol. The molecule has 1 saturated carbocycles. The quantitative estimate of drug-likeness (QED) is 0.780. The lowest BCUT2D eigenvalue weighted by Gasteiger charge is -2.21. The van der Waals surface area contributed by atoms with Crippen molar-refractivity contribution < 1.29 is 4.52 Å². The van der Waals surface area contributed by atoms with Gasteiger partial charge >= 0.3 is 0 Å². The van der Waals surface area contributed by atoms with Gasteiger partial charge in [0.2, 0.25) is 0 Å². The molecule has 1 atom stereocenters. The maximum absolute atomic E-state index is 5.43. The zero-order valence-corrected chi connectivity index (χ0v) is 8.55. The van der Waals surface area contributed by atoms with Gasteiger partial charge in [0, 0.05) is 23.9 Å². The number of aromatic nitrogens is 1. The number of nitrogens with one attached hydrogen (secondary N) is 1. The molecule has 0 saturated heterocycles. The molecule has 3 nitrogen and oxygen atoms in total. The third-order valence-corrected chi connectivity index (χ3v) is 3.39. The number of fused-ring (bicyclic) bond motifs is 1. The molecule has 2 aliphatic carbocycles. The monoisotopic (exact) mass is 192 g/mol. The number of hydrogen-bond acceptors (Lipinski definition) is 3. The largest absolute Gasteiger partial charge is 0.361 e. The first-order valence-electron chi connectivity index (χ1n) is 5.55. The normalized spacial score (nSPS) is 26.2. The van der Waals surface area contributed by atoms with Crippen LogP contribution < -0.4 is 5.32 Å². The van der Waals surface area contributed by atoms with Gasteiger partial charge in [-0.05, 0) is 32.7 Å². The molecule has 0 radical (unpaired) electrons. The summed E-state index contributed by atoms with van der Waals surface area (Å²) < 4.78 is 5.43. The first kappa shape index (κ1) is 8.48. The van der Waals surface area contributed by atoms with Crippen LogP contribution >= 0.6 is 0 Å². The van der Waals surface area contributed by atoms with Crippen LogP contribution in [-0.2, 0) is 6.42 Å². The summed E-state index contributed by atoms with van der Waals surface area (Å²) >= 11 is 0. The summed E-state index contributed by atoms with van der Waals surface area (Å²) in [5, 5.41) is 7.61. The van der Waals surface area contributed by atoms with Gasteiger partial charge in [0.25, 0.3) is 0 Å². The lowest BCUT2D eigenvalue weighted by atomic mass is 9.90. The Balaban J connectivity index is 2.02. The molecular weight excluding hydrogens is 176 g/mol. The van der Waals surface area contributed by atoms with Gasteiger partial charge in [-0.3, -0.25) is 0 Å². The molecule has 0 aliphatic heterocycles. The average molecular weight is 192 g/mol. The Labute approximate surface area is 83.9 Å². The van der Waals surface area contributed by atoms with Crippen molar-refractivity contribution in [3.05, 3.63) is 17.0 Å². The van der Waals surface area contributed by atoms with Gasteiger partial charge in [-0.2, -0.15) is 0 Å². The molecule has 14 heavy (non-hydrogen) atoms. The van der Waals surface area contributed by atoms with Crippen molar-refractivity contribution in [1.29, 1.82) is 0 Å². The summed E-state index contributed by atoms with van der Waals surface area (Å²) in [6.07, 6.45) is 6.13. The van der Waals surface area contributed by atoms with Crippen molar-refractivity contribution in [1.82, 2.24) is 10.5 Å². The highest BCUT2D eigenvalue weighted by Gasteiger charge is 2.35. The van der Waals surface area contributed by atoms with Crippen LogP contribution in [0.2, 0.25) is 0 Å². The van der Waals surface area contributed by atoms with E-state index in [-0.39, 0.29) is 0 Å². The van der Waals surface area contributed by atoms with Crippen LogP contribution in [0.1, 0.15) is 54.7 Å². The molecular formula is C11H16N2O. The van der Waals surface area contributed by atoms with Crippen molar-refractivity contribution in [2.75, 3.05) is 7.05 Å². The molecule has 0 spiro atoms. The molecule has 3 rings (SSSR count). The molecule has 1 unspecified atom stereocenters. The Morgan fingerprint density at radius 2 is 2.21 bits per heavy atom. The molecule has 0 bridgehead atoms. The summed E-state index contributed by atoms with van der Waals surface area (Å²) in [5.74, 6) is 1.84. The van der Waals surface area contributed by atoms with E-state index in [0.717, 1.165) is 12.2 Å². The number of hydrogen-bond donors (Lipinski definition) is 1. The Hall–Kier alpha value is -0.830. The standard InChI is InChI=1S/C11H16N2O/c1-12-8-3-2-4-9-10(8)11(13-14-9)7-5-6-7/h7-8,12H,2-6H2,1H3. The SMILES string of the molecule is CNC1CCCc2onc(C3CC3)c21. The van der Waals surface area contributed by atoms with Crippen molar-refractivity contribution in [2.45, 2.75) is 44.1 Å². The van der Waals surface area contributed by atoms with Crippen molar-refractivity contribution >= 4 is 0 Å². The summed E-state index contributed by atoms with van der Waals surface area (Å²) in [4.78, 5) is 0. The van der Waals surface area contributed by atoms with E-state index in [1.54, 1.807) is 0 Å². The minimum absolute atomic E-state index is 0.487. The van der Waals surface area contributed by atoms with Crippen LogP contribution in [0.25, 0.3) is 0 Å². The van der Waals surface area contributed by atoms with E-state index in [2.05, 4.69) is 10.5 Å². The molecule has 1 N–H and O–H groups in total. The lowest BCUT2D eigenvalue weighted by Crippen LogP contribution is -2.21. The molecule has 1 heterocycles. The Morgan fingerprint density at radius 3 is 2.93 bits per heavy atom. The predicted octanol–water partition coefficient (Wildman–Crippen LogP) is 2.15. The summed E-state index contributed by atoms with van der Waals surface area (Å²) in [7, 11) is 2.03. The molecule has 76 valence electrons. The van der Waals surface area contributed by atoms with Crippen LogP contribution in [0.5, 0.6) is 0 Å². The fourth-order valence-electron chi connectivity index (χ4n) is 2.45. The highest BCUT2D eigenvalue weighted by molar-refractivity contribution is 5.33. The van der Waals surface area contributed by atoms with E-state index in [4.69, 9.17) is 4.52 Å². The highest BCUT2D eigenvalue weighted by Crippen LogP contribution is 2.45. The Morgan fingerprint density at radius 1 is 1.36 bits per heavy atom. The highest BCUT2D eigenvalue weighted by atomic mass is 16.5. The second-order valence-electron chi connectivity index (χ2n) is 4.41. The Bertz CT molecular complexity index is 341. The summed E-state index contributed by atoms with van der Waals surface area (Å²) in [6.45, 7) is 0. The van der Waals surface area contributed by atoms with E-state index < -0.39 is 0 Å². The van der Waals surface area contributed by atoms with E-state index in [1.165, 1.54) is 36.9 Å². The van der Waals surface area contributed by atoms with Gasteiger partial charge in [0.05, 0.1) is 5.69 Å². The minimum atomic E-state index is 0.487. The van der Waals surface area contributed by atoms with Gasteiger partial charge in [-0.25, -0.2) is 0 Å². The van der Waals surface area contributed by atoms with Crippen LogP contribution in [0.15, 0.2) is 4.52 Å². The van der Waals surface area contributed by atoms with Crippen molar-refractivity contribution in [2.24, 2.45) is 0 Å². The second-order valence-corrected chi connectivity index (χ2v) is 4.41. The maximum Gasteiger partial charge on any atom is 0.141 e. The van der Waals surface area contributed by atoms with Crippen molar-refractivity contribution in [3.8, 4) is 0 Å². The topological polar surface area (TPSA) is 38.1 Å². The second kappa shape index (κ2) is 3.09. The molecule has 2 aliphatic rings. The molecule has 1 fully saturated rings. The molecule has 1 aromatic rings. The van der Waals surface area contributed by atoms with Crippen LogP contribution in [0, 0.1) is 0 Å². The lowest BCUT2D eigenvalue weighted by molar-refractivity contribution is 0.356. The fraction of sp³-hybridized carbons (Fsp3) is 0.727. The average Bonchev–Trinajstić information content (AvgIpc) is 2.97. The molecule has 0 amide bonds. The molecule has 3 heteroatoms. The van der Waals surface area contributed by atoms with E-state index >= 15 is 0 Å². The van der Waals surface area contributed by atoms with E-state index in [0.29, 0.717) is 12.0 Å². The van der Waals surface area contributed by atoms with Crippen LogP contribution in [-0.4, -0.2) is 12.2 Å². The van der Waals surface area contributed by atoms with Gasteiger partial charge in [0.15, 0.2) is 0 Å². The smallest absolute Gasteiger partial charge is 0.141 e. The third kappa shape index (κ3) is 1.19. The number of aryl methyl sites for hydroxylation is 1. The first-order valence-corrected chi connectivity index (χ1v) is 5.55. The van der Waals surface area contributed by atoms with Gasteiger partial charge < -0.3 is 9.84 Å². The summed E-state index contributed by atoms with van der Waals surface area (Å²) in [5.41, 5.74) is 2.64. The Kier molecular flexibility index (Phi) is 1.87. The van der Waals surface area contributed by atoms with Gasteiger partial charge in [0.1, 0.15) is 5.76 Å². The summed E-state index contributed by atoms with van der Waals surface area (Å²) in [6, 6.07) is 0.487. The van der Waals surface area contributed by atoms with Gasteiger partial charge in [-0.1, -0.05) is 5.16 Å². The zero-order valence-electron chi connectivity index (χ0n) is 8.55. The van der Waals surface area contributed by atoms with Crippen molar-refractivity contribution in [3.63, 3.8) is 0 Å². The molecule has 1 aromatic heterocycles. The third-order valence-electron chi connectivity index (χ3n) is 3.39. The van der Waals surface area contributed by atoms with E-state index in [1.807, 2.05) is 7.05 Å².